The van der Waals surface area contributed by atoms with Gasteiger partial charge in [-0.2, -0.15) is 0 Å². The second-order valence-corrected chi connectivity index (χ2v) is 6.53. The van der Waals surface area contributed by atoms with Gasteiger partial charge in [-0.15, -0.1) is 0 Å². The molecule has 0 radical (unpaired) electrons. The molecule has 0 saturated heterocycles. The normalized spacial score (nSPS) is 13.9. The molecule has 94 valence electrons. The SMILES string of the molecule is CCOc1ccc(C=N[S+]([O-])C(C)(C)C)cc1. The van der Waals surface area contributed by atoms with E-state index in [-0.39, 0.29) is 4.75 Å². The molecule has 0 aliphatic carbocycles. The summed E-state index contributed by atoms with van der Waals surface area (Å²) in [4.78, 5) is 0. The quantitative estimate of drug-likeness (QED) is 0.611. The van der Waals surface area contributed by atoms with Crippen LogP contribution in [0.15, 0.2) is 28.7 Å². The van der Waals surface area contributed by atoms with Crippen LogP contribution in [0.1, 0.15) is 33.3 Å². The molecule has 0 saturated carbocycles. The average Bonchev–Trinajstić information content (AvgIpc) is 2.27. The van der Waals surface area contributed by atoms with E-state index in [4.69, 9.17) is 4.74 Å². The highest BCUT2D eigenvalue weighted by molar-refractivity contribution is 7.91. The predicted octanol–water partition coefficient (Wildman–Crippen LogP) is 2.97. The summed E-state index contributed by atoms with van der Waals surface area (Å²) in [6.07, 6.45) is 1.64. The van der Waals surface area contributed by atoms with Crippen molar-refractivity contribution in [2.75, 3.05) is 6.61 Å². The molecule has 0 aliphatic rings. The summed E-state index contributed by atoms with van der Waals surface area (Å²) < 4.78 is 20.8. The van der Waals surface area contributed by atoms with E-state index in [0.29, 0.717) is 6.61 Å². The molecule has 0 heterocycles. The van der Waals surface area contributed by atoms with Crippen LogP contribution in [0.4, 0.5) is 0 Å². The van der Waals surface area contributed by atoms with Gasteiger partial charge in [-0.05, 0) is 57.5 Å². The minimum absolute atomic E-state index is 0.318. The lowest BCUT2D eigenvalue weighted by Crippen LogP contribution is -2.25. The van der Waals surface area contributed by atoms with E-state index in [0.717, 1.165) is 11.3 Å². The van der Waals surface area contributed by atoms with Crippen LogP contribution in [-0.2, 0) is 11.4 Å². The third kappa shape index (κ3) is 4.79. The number of hydrogen-bond donors (Lipinski definition) is 0. The highest BCUT2D eigenvalue weighted by Gasteiger charge is 2.25. The second-order valence-electron chi connectivity index (χ2n) is 4.60. The summed E-state index contributed by atoms with van der Waals surface area (Å²) >= 11 is -1.21. The fraction of sp³-hybridized carbons (Fsp3) is 0.462. The molecule has 17 heavy (non-hydrogen) atoms. The molecule has 0 aliphatic heterocycles. The summed E-state index contributed by atoms with van der Waals surface area (Å²) in [7, 11) is 0. The summed E-state index contributed by atoms with van der Waals surface area (Å²) in [5.74, 6) is 0.835. The Bertz CT molecular complexity index is 368. The van der Waals surface area contributed by atoms with Crippen molar-refractivity contribution in [3.8, 4) is 5.75 Å². The maximum Gasteiger partial charge on any atom is 0.144 e. The molecule has 1 aromatic carbocycles. The monoisotopic (exact) mass is 253 g/mol. The van der Waals surface area contributed by atoms with Gasteiger partial charge in [0.25, 0.3) is 0 Å². The molecule has 0 amide bonds. The Balaban J connectivity index is 2.66. The first kappa shape index (κ1) is 14.1. The number of ether oxygens (including phenoxy) is 1. The Labute approximate surface area is 106 Å². The Morgan fingerprint density at radius 3 is 2.35 bits per heavy atom. The summed E-state index contributed by atoms with van der Waals surface area (Å²) in [5.41, 5.74) is 0.922. The molecule has 0 bridgehead atoms. The van der Waals surface area contributed by atoms with Crippen LogP contribution >= 0.6 is 0 Å². The number of hydrogen-bond acceptors (Lipinski definition) is 3. The number of nitrogens with zero attached hydrogens (tertiary/aromatic N) is 1. The first-order valence-electron chi connectivity index (χ1n) is 5.62. The molecular weight excluding hydrogens is 234 g/mol. The van der Waals surface area contributed by atoms with Crippen molar-refractivity contribution in [2.24, 2.45) is 4.40 Å². The van der Waals surface area contributed by atoms with E-state index in [2.05, 4.69) is 4.40 Å². The molecule has 1 aromatic rings. The smallest absolute Gasteiger partial charge is 0.144 e. The van der Waals surface area contributed by atoms with Gasteiger partial charge < -0.3 is 9.29 Å². The van der Waals surface area contributed by atoms with E-state index in [9.17, 15) is 4.55 Å². The van der Waals surface area contributed by atoms with Crippen LogP contribution in [-0.4, -0.2) is 22.1 Å². The third-order valence-corrected chi connectivity index (χ3v) is 3.36. The topological polar surface area (TPSA) is 44.6 Å². The fourth-order valence-corrected chi connectivity index (χ4v) is 1.62. The fourth-order valence-electron chi connectivity index (χ4n) is 1.08. The van der Waals surface area contributed by atoms with Gasteiger partial charge in [0.15, 0.2) is 0 Å². The Morgan fingerprint density at radius 2 is 1.88 bits per heavy atom. The van der Waals surface area contributed by atoms with Gasteiger partial charge in [0.2, 0.25) is 0 Å². The largest absolute Gasteiger partial charge is 0.591 e. The van der Waals surface area contributed by atoms with E-state index in [1.807, 2.05) is 52.0 Å². The Hall–Kier alpha value is -1.00. The van der Waals surface area contributed by atoms with Crippen LogP contribution in [0.2, 0.25) is 0 Å². The lowest BCUT2D eigenvalue weighted by atomic mass is 10.2. The maximum absolute atomic E-state index is 11.7. The summed E-state index contributed by atoms with van der Waals surface area (Å²) in [6.45, 7) is 8.30. The zero-order valence-corrected chi connectivity index (χ0v) is 11.6. The zero-order chi connectivity index (χ0) is 12.9. The maximum atomic E-state index is 11.7. The zero-order valence-electron chi connectivity index (χ0n) is 10.8. The van der Waals surface area contributed by atoms with E-state index in [1.165, 1.54) is 0 Å². The van der Waals surface area contributed by atoms with Crippen molar-refractivity contribution in [3.05, 3.63) is 29.8 Å². The van der Waals surface area contributed by atoms with E-state index >= 15 is 0 Å². The molecule has 0 fully saturated rings. The molecular formula is C13H19NO2S. The van der Waals surface area contributed by atoms with Crippen molar-refractivity contribution in [3.63, 3.8) is 0 Å². The first-order chi connectivity index (χ1) is 7.93. The molecule has 0 aromatic heterocycles. The van der Waals surface area contributed by atoms with Crippen LogP contribution in [0.5, 0.6) is 5.75 Å². The lowest BCUT2D eigenvalue weighted by Gasteiger charge is -2.17. The summed E-state index contributed by atoms with van der Waals surface area (Å²) in [6, 6.07) is 7.55. The van der Waals surface area contributed by atoms with Gasteiger partial charge in [0, 0.05) is 0 Å². The van der Waals surface area contributed by atoms with Gasteiger partial charge in [-0.3, -0.25) is 0 Å². The van der Waals surface area contributed by atoms with Crippen molar-refractivity contribution in [2.45, 2.75) is 32.4 Å². The van der Waals surface area contributed by atoms with Crippen molar-refractivity contribution >= 4 is 17.6 Å². The molecule has 1 atom stereocenters. The molecule has 3 nitrogen and oxygen atoms in total. The third-order valence-electron chi connectivity index (χ3n) is 2.01. The predicted molar refractivity (Wildman–Crippen MR) is 73.1 cm³/mol. The van der Waals surface area contributed by atoms with Crippen LogP contribution in [0.25, 0.3) is 0 Å². The van der Waals surface area contributed by atoms with Gasteiger partial charge in [0.1, 0.15) is 21.9 Å². The van der Waals surface area contributed by atoms with Crippen molar-refractivity contribution < 1.29 is 9.29 Å². The minimum Gasteiger partial charge on any atom is -0.591 e. The summed E-state index contributed by atoms with van der Waals surface area (Å²) in [5, 5.41) is 0. The van der Waals surface area contributed by atoms with E-state index in [1.54, 1.807) is 6.21 Å². The van der Waals surface area contributed by atoms with Crippen LogP contribution in [0, 0.1) is 0 Å². The van der Waals surface area contributed by atoms with Gasteiger partial charge in [-0.1, -0.05) is 4.40 Å². The first-order valence-corrected chi connectivity index (χ1v) is 6.73. The molecule has 0 N–H and O–H groups in total. The molecule has 1 rings (SSSR count). The lowest BCUT2D eigenvalue weighted by molar-refractivity contribution is 0.340. The average molecular weight is 253 g/mol. The highest BCUT2D eigenvalue weighted by Crippen LogP contribution is 2.17. The highest BCUT2D eigenvalue weighted by atomic mass is 32.2. The van der Waals surface area contributed by atoms with Crippen molar-refractivity contribution in [1.29, 1.82) is 0 Å². The Morgan fingerprint density at radius 1 is 1.29 bits per heavy atom. The van der Waals surface area contributed by atoms with Gasteiger partial charge >= 0.3 is 0 Å². The number of benzene rings is 1. The second kappa shape index (κ2) is 6.07. The molecule has 0 spiro atoms. The van der Waals surface area contributed by atoms with E-state index < -0.39 is 11.4 Å². The molecule has 1 unspecified atom stereocenters. The van der Waals surface area contributed by atoms with Crippen LogP contribution in [0.3, 0.4) is 0 Å². The van der Waals surface area contributed by atoms with Gasteiger partial charge in [0.05, 0.1) is 12.8 Å². The standard InChI is InChI=1S/C13H19NO2S/c1-5-16-12-8-6-11(7-9-12)10-14-17(15)13(2,3)4/h6-10H,5H2,1-4H3. The van der Waals surface area contributed by atoms with Crippen LogP contribution < -0.4 is 4.74 Å². The Kier molecular flexibility index (Phi) is 5.02. The molecule has 4 heteroatoms. The van der Waals surface area contributed by atoms with Gasteiger partial charge in [-0.25, -0.2) is 0 Å². The number of rotatable bonds is 4. The minimum atomic E-state index is -1.21. The van der Waals surface area contributed by atoms with Crippen molar-refractivity contribution in [1.82, 2.24) is 0 Å².